The van der Waals surface area contributed by atoms with Gasteiger partial charge in [0.25, 0.3) is 0 Å². The first-order chi connectivity index (χ1) is 12.1. The molecule has 7 nitrogen and oxygen atoms in total. The summed E-state index contributed by atoms with van der Waals surface area (Å²) in [5.41, 5.74) is 0.918. The van der Waals surface area contributed by atoms with E-state index < -0.39 is 6.04 Å². The molecule has 0 spiro atoms. The normalized spacial score (nSPS) is 21.4. The van der Waals surface area contributed by atoms with Gasteiger partial charge in [-0.3, -0.25) is 4.79 Å². The molecule has 1 saturated heterocycles. The molecular weight excluding hydrogens is 322 g/mol. The molecule has 25 heavy (non-hydrogen) atoms. The number of urea groups is 1. The van der Waals surface area contributed by atoms with Gasteiger partial charge in [-0.05, 0) is 50.3 Å². The lowest BCUT2D eigenvalue weighted by Crippen LogP contribution is -2.43. The summed E-state index contributed by atoms with van der Waals surface area (Å²) in [5.74, 6) is 1.20. The van der Waals surface area contributed by atoms with Gasteiger partial charge >= 0.3 is 6.03 Å². The van der Waals surface area contributed by atoms with Gasteiger partial charge in [0.1, 0.15) is 6.04 Å². The van der Waals surface area contributed by atoms with Gasteiger partial charge in [-0.25, -0.2) is 4.79 Å². The molecule has 1 aromatic rings. The average molecular weight is 347 g/mol. The van der Waals surface area contributed by atoms with Crippen LogP contribution in [0.3, 0.4) is 0 Å². The fourth-order valence-corrected chi connectivity index (χ4v) is 3.25. The number of ether oxygens (including phenoxy) is 2. The first kappa shape index (κ1) is 17.4. The Balaban J connectivity index is 1.64. The van der Waals surface area contributed by atoms with Crippen molar-refractivity contribution in [1.29, 1.82) is 0 Å². The Bertz CT molecular complexity index is 643. The standard InChI is InChI=1S/C18H25N3O4/c1-11(20-17(22)14-10-19-18(23)21-14)12-7-8-15(16(9-12)24-2)25-13-5-3-4-6-13/h7-9,11,13-14H,3-6,10H2,1-2H3,(H,20,22)(H2,19,21,23). The van der Waals surface area contributed by atoms with E-state index >= 15 is 0 Å². The predicted molar refractivity (Wildman–Crippen MR) is 92.8 cm³/mol. The van der Waals surface area contributed by atoms with E-state index in [1.807, 2.05) is 25.1 Å². The SMILES string of the molecule is COc1cc(C(C)NC(=O)C2CNC(=O)N2)ccc1OC1CCCC1. The molecule has 2 unspecified atom stereocenters. The van der Waals surface area contributed by atoms with Crippen molar-refractivity contribution in [1.82, 2.24) is 16.0 Å². The van der Waals surface area contributed by atoms with E-state index in [1.54, 1.807) is 7.11 Å². The molecule has 0 radical (unpaired) electrons. The summed E-state index contributed by atoms with van der Waals surface area (Å²) in [6, 6.07) is 4.65. The van der Waals surface area contributed by atoms with Crippen LogP contribution in [0.5, 0.6) is 11.5 Å². The molecule has 136 valence electrons. The highest BCUT2D eigenvalue weighted by Gasteiger charge is 2.28. The number of carbonyl (C=O) groups excluding carboxylic acids is 2. The molecule has 1 saturated carbocycles. The summed E-state index contributed by atoms with van der Waals surface area (Å²) in [5, 5.41) is 8.06. The van der Waals surface area contributed by atoms with Crippen LogP contribution in [0.1, 0.15) is 44.2 Å². The van der Waals surface area contributed by atoms with Crippen molar-refractivity contribution in [2.75, 3.05) is 13.7 Å². The lowest BCUT2D eigenvalue weighted by molar-refractivity contribution is -0.123. The van der Waals surface area contributed by atoms with Crippen molar-refractivity contribution >= 4 is 11.9 Å². The van der Waals surface area contributed by atoms with Gasteiger partial charge in [0.05, 0.1) is 19.3 Å². The number of methoxy groups -OCH3 is 1. The zero-order chi connectivity index (χ0) is 17.8. The van der Waals surface area contributed by atoms with Gasteiger partial charge in [0.2, 0.25) is 5.91 Å². The quantitative estimate of drug-likeness (QED) is 0.733. The molecule has 1 aliphatic carbocycles. The largest absolute Gasteiger partial charge is 0.493 e. The average Bonchev–Trinajstić information content (AvgIpc) is 3.26. The van der Waals surface area contributed by atoms with Crippen molar-refractivity contribution in [3.8, 4) is 11.5 Å². The van der Waals surface area contributed by atoms with Crippen molar-refractivity contribution < 1.29 is 19.1 Å². The van der Waals surface area contributed by atoms with Crippen LogP contribution in [-0.2, 0) is 4.79 Å². The third kappa shape index (κ3) is 4.15. The van der Waals surface area contributed by atoms with Crippen LogP contribution in [0.25, 0.3) is 0 Å². The van der Waals surface area contributed by atoms with Crippen LogP contribution in [-0.4, -0.2) is 37.7 Å². The van der Waals surface area contributed by atoms with Crippen LogP contribution in [0, 0.1) is 0 Å². The molecule has 2 atom stereocenters. The highest BCUT2D eigenvalue weighted by atomic mass is 16.5. The highest BCUT2D eigenvalue weighted by molar-refractivity contribution is 5.90. The summed E-state index contributed by atoms with van der Waals surface area (Å²) in [4.78, 5) is 23.3. The maximum Gasteiger partial charge on any atom is 0.315 e. The topological polar surface area (TPSA) is 88.7 Å². The molecule has 0 aromatic heterocycles. The van der Waals surface area contributed by atoms with Gasteiger partial charge in [-0.1, -0.05) is 6.07 Å². The Morgan fingerprint density at radius 2 is 2.04 bits per heavy atom. The fourth-order valence-electron chi connectivity index (χ4n) is 3.25. The van der Waals surface area contributed by atoms with E-state index in [0.29, 0.717) is 12.3 Å². The van der Waals surface area contributed by atoms with E-state index in [0.717, 1.165) is 24.2 Å². The van der Waals surface area contributed by atoms with E-state index in [2.05, 4.69) is 16.0 Å². The third-order valence-corrected chi connectivity index (χ3v) is 4.73. The van der Waals surface area contributed by atoms with Gasteiger partial charge < -0.3 is 25.4 Å². The molecule has 0 bridgehead atoms. The molecular formula is C18H25N3O4. The summed E-state index contributed by atoms with van der Waals surface area (Å²) < 4.78 is 11.5. The molecule has 2 aliphatic rings. The Morgan fingerprint density at radius 1 is 1.28 bits per heavy atom. The zero-order valence-corrected chi connectivity index (χ0v) is 14.6. The molecule has 2 fully saturated rings. The number of amides is 3. The number of hydrogen-bond donors (Lipinski definition) is 3. The monoisotopic (exact) mass is 347 g/mol. The van der Waals surface area contributed by atoms with Gasteiger partial charge in [-0.2, -0.15) is 0 Å². The number of benzene rings is 1. The summed E-state index contributed by atoms with van der Waals surface area (Å²) >= 11 is 0. The van der Waals surface area contributed by atoms with Crippen molar-refractivity contribution in [3.63, 3.8) is 0 Å². The first-order valence-electron chi connectivity index (χ1n) is 8.76. The minimum Gasteiger partial charge on any atom is -0.493 e. The lowest BCUT2D eigenvalue weighted by Gasteiger charge is -2.20. The third-order valence-electron chi connectivity index (χ3n) is 4.73. The molecule has 3 N–H and O–H groups in total. The maximum atomic E-state index is 12.2. The highest BCUT2D eigenvalue weighted by Crippen LogP contribution is 2.33. The fraction of sp³-hybridized carbons (Fsp3) is 0.556. The minimum absolute atomic E-state index is 0.209. The van der Waals surface area contributed by atoms with Crippen LogP contribution in [0.15, 0.2) is 18.2 Å². The van der Waals surface area contributed by atoms with Crippen LogP contribution in [0.2, 0.25) is 0 Å². The second kappa shape index (κ2) is 7.63. The van der Waals surface area contributed by atoms with E-state index in [4.69, 9.17) is 9.47 Å². The van der Waals surface area contributed by atoms with E-state index in [9.17, 15) is 9.59 Å². The summed E-state index contributed by atoms with van der Waals surface area (Å²) in [7, 11) is 1.61. The molecule has 7 heteroatoms. The van der Waals surface area contributed by atoms with Crippen molar-refractivity contribution in [2.45, 2.75) is 50.8 Å². The zero-order valence-electron chi connectivity index (χ0n) is 14.6. The number of nitrogens with one attached hydrogen (secondary N) is 3. The Labute approximate surface area is 147 Å². The first-order valence-corrected chi connectivity index (χ1v) is 8.76. The Morgan fingerprint density at radius 3 is 2.68 bits per heavy atom. The van der Waals surface area contributed by atoms with Gasteiger partial charge in [-0.15, -0.1) is 0 Å². The van der Waals surface area contributed by atoms with Gasteiger partial charge in [0.15, 0.2) is 11.5 Å². The molecule has 1 aliphatic heterocycles. The lowest BCUT2D eigenvalue weighted by atomic mass is 10.1. The second-order valence-electron chi connectivity index (χ2n) is 6.57. The van der Waals surface area contributed by atoms with Crippen LogP contribution < -0.4 is 25.4 Å². The molecule has 1 heterocycles. The number of hydrogen-bond acceptors (Lipinski definition) is 4. The van der Waals surface area contributed by atoms with E-state index in [1.165, 1.54) is 12.8 Å². The van der Waals surface area contributed by atoms with Crippen molar-refractivity contribution in [3.05, 3.63) is 23.8 Å². The maximum absolute atomic E-state index is 12.2. The molecule has 3 amide bonds. The smallest absolute Gasteiger partial charge is 0.315 e. The second-order valence-corrected chi connectivity index (χ2v) is 6.57. The molecule has 1 aromatic carbocycles. The van der Waals surface area contributed by atoms with Gasteiger partial charge in [0, 0.05) is 6.54 Å². The Kier molecular flexibility index (Phi) is 5.31. The van der Waals surface area contributed by atoms with E-state index in [-0.39, 0.29) is 24.1 Å². The number of rotatable bonds is 6. The summed E-state index contributed by atoms with van der Waals surface area (Å²) in [6.45, 7) is 2.20. The summed E-state index contributed by atoms with van der Waals surface area (Å²) in [6.07, 6.45) is 4.84. The minimum atomic E-state index is -0.540. The number of carbonyl (C=O) groups is 2. The van der Waals surface area contributed by atoms with Crippen LogP contribution in [0.4, 0.5) is 4.79 Å². The Hall–Kier alpha value is -2.44. The predicted octanol–water partition coefficient (Wildman–Crippen LogP) is 1.88. The van der Waals surface area contributed by atoms with Crippen LogP contribution >= 0.6 is 0 Å². The van der Waals surface area contributed by atoms with Crippen molar-refractivity contribution in [2.24, 2.45) is 0 Å². The molecule has 3 rings (SSSR count).